The number of benzene rings is 4. The standard InChI is InChI=1S/C52H68N2O20S4/c1-7-53-42-14-12-38-40(31-36(75(57,58)59)33-44(38)77(63,64)65)49(42)51(3,4)46(53)29-35(2)30-47-52(5,16-18-70-21-22-72-25-26-74-28-27-73-24-23-71-20-19-69-6)50-41-32-37(76(60,61)62)34-45(78(66,67)68)39(41)13-15-43(50)54(47)17-10-8-9-11-48(55)56/h12-15,29-34H,7-11,16-28H2,1-6H3,(H4-,55,56,57,58,59,60,61,62,63,64,65,66,67,68)/p-3. The van der Waals surface area contributed by atoms with Crippen molar-refractivity contribution in [2.24, 2.45) is 0 Å². The van der Waals surface area contributed by atoms with Gasteiger partial charge in [-0.15, -0.1) is 0 Å². The zero-order valence-electron chi connectivity index (χ0n) is 44.2. The lowest BCUT2D eigenvalue weighted by Gasteiger charge is -2.31. The smallest absolute Gasteiger partial charge is 0.303 e. The summed E-state index contributed by atoms with van der Waals surface area (Å²) in [5, 5.41) is 9.26. The molecule has 2 aliphatic rings. The van der Waals surface area contributed by atoms with Crippen molar-refractivity contribution in [1.82, 2.24) is 0 Å². The molecule has 430 valence electrons. The van der Waals surface area contributed by atoms with Crippen LogP contribution in [-0.4, -0.2) is 166 Å². The van der Waals surface area contributed by atoms with Crippen LogP contribution in [0, 0.1) is 0 Å². The van der Waals surface area contributed by atoms with Crippen LogP contribution in [0.4, 0.5) is 11.4 Å². The van der Waals surface area contributed by atoms with E-state index in [1.807, 2.05) is 49.3 Å². The summed E-state index contributed by atoms with van der Waals surface area (Å²) in [7, 11) is -19.7. The van der Waals surface area contributed by atoms with Gasteiger partial charge in [0.15, 0.2) is 5.71 Å². The third-order valence-corrected chi connectivity index (χ3v) is 17.1. The topological polar surface area (TPSA) is 328 Å². The van der Waals surface area contributed by atoms with Crippen LogP contribution in [-0.2, 0) is 84.5 Å². The molecule has 4 aromatic carbocycles. The Bertz CT molecular complexity index is 3450. The highest BCUT2D eigenvalue weighted by atomic mass is 32.2. The lowest BCUT2D eigenvalue weighted by molar-refractivity contribution is -0.433. The molecule has 0 amide bonds. The van der Waals surface area contributed by atoms with Gasteiger partial charge in [-0.25, -0.2) is 33.7 Å². The molecule has 6 rings (SSSR count). The lowest BCUT2D eigenvalue weighted by Crippen LogP contribution is -2.31. The normalized spacial score (nSPS) is 17.5. The van der Waals surface area contributed by atoms with Gasteiger partial charge in [0.2, 0.25) is 5.69 Å². The van der Waals surface area contributed by atoms with E-state index in [-0.39, 0.29) is 67.4 Å². The van der Waals surface area contributed by atoms with Crippen LogP contribution in [0.15, 0.2) is 91.5 Å². The molecular weight excluding hydrogens is 1100 g/mol. The van der Waals surface area contributed by atoms with Crippen LogP contribution in [0.25, 0.3) is 21.5 Å². The molecular formula is C52H65N2O20S4-3. The number of fused-ring (bicyclic) bond motifs is 6. The fourth-order valence-electron chi connectivity index (χ4n) is 10.2. The molecule has 4 aromatic rings. The van der Waals surface area contributed by atoms with Gasteiger partial charge in [-0.3, -0.25) is 4.79 Å². The maximum Gasteiger partial charge on any atom is 0.303 e. The molecule has 0 saturated heterocycles. The van der Waals surface area contributed by atoms with Gasteiger partial charge in [-0.2, -0.15) is 4.58 Å². The van der Waals surface area contributed by atoms with E-state index in [0.29, 0.717) is 124 Å². The van der Waals surface area contributed by atoms with Gasteiger partial charge < -0.3 is 56.6 Å². The largest absolute Gasteiger partial charge is 0.744 e. The van der Waals surface area contributed by atoms with Gasteiger partial charge in [0.05, 0.1) is 91.1 Å². The van der Waals surface area contributed by atoms with Gasteiger partial charge in [0.25, 0.3) is 0 Å². The first kappa shape index (κ1) is 62.4. The van der Waals surface area contributed by atoms with E-state index in [4.69, 9.17) is 28.4 Å². The summed E-state index contributed by atoms with van der Waals surface area (Å²) < 4.78 is 186. The third-order valence-electron chi connectivity index (χ3n) is 13.7. The Labute approximate surface area is 455 Å². The second-order valence-electron chi connectivity index (χ2n) is 19.4. The van der Waals surface area contributed by atoms with E-state index in [0.717, 1.165) is 12.1 Å². The Kier molecular flexibility index (Phi) is 20.6. The number of unbranched alkanes of at least 4 members (excludes halogenated alkanes) is 2. The summed E-state index contributed by atoms with van der Waals surface area (Å²) in [6.07, 6.45) is 5.08. The van der Waals surface area contributed by atoms with Crippen LogP contribution in [0.1, 0.15) is 77.8 Å². The Morgan fingerprint density at radius 3 is 1.56 bits per heavy atom. The number of hydrogen-bond donors (Lipinski definition) is 1. The minimum atomic E-state index is -5.37. The van der Waals surface area contributed by atoms with Crippen molar-refractivity contribution in [1.29, 1.82) is 0 Å². The quantitative estimate of drug-likeness (QED) is 0.0375. The van der Waals surface area contributed by atoms with Gasteiger partial charge in [0.1, 0.15) is 47.0 Å². The lowest BCUT2D eigenvalue weighted by atomic mass is 9.76. The molecule has 1 atom stereocenters. The maximum absolute atomic E-state index is 12.8. The number of aliphatic carboxylic acids is 1. The number of hydrogen-bond acceptors (Lipinski definition) is 20. The molecule has 0 bridgehead atoms. The van der Waals surface area contributed by atoms with E-state index in [9.17, 15) is 61.8 Å². The van der Waals surface area contributed by atoms with Crippen molar-refractivity contribution in [3.05, 3.63) is 83.1 Å². The van der Waals surface area contributed by atoms with Crippen molar-refractivity contribution < 1.29 is 94.8 Å². The number of ether oxygens (including phenoxy) is 6. The Balaban J connectivity index is 1.41. The Hall–Kier alpha value is -4.78. The van der Waals surface area contributed by atoms with E-state index >= 15 is 0 Å². The molecule has 22 nitrogen and oxygen atoms in total. The summed E-state index contributed by atoms with van der Waals surface area (Å²) in [4.78, 5) is 9.80. The van der Waals surface area contributed by atoms with Crippen molar-refractivity contribution in [3.63, 3.8) is 0 Å². The first-order valence-corrected chi connectivity index (χ1v) is 30.7. The highest BCUT2D eigenvalue weighted by molar-refractivity contribution is 7.87. The minimum Gasteiger partial charge on any atom is -0.744 e. The van der Waals surface area contributed by atoms with Gasteiger partial charge in [-0.05, 0) is 124 Å². The number of nitrogens with zero attached hydrogens (tertiary/aromatic N) is 2. The SMILES string of the molecule is CC[N+]1=C(/C=C(C)/C=C2/N(CCCCCC(=O)O)c3ccc4c(S(=O)(=O)[O-])cc(S(=O)(=O)[O-])cc4c3C2(C)CCOCCOCCOCCOCCOCCOC)C(C)(C)c2c1ccc1c(S(=O)(=O)[O-])cc(S(=O)(=O)[O-])cc21. The fraction of sp³-hybridized carbons (Fsp3) is 0.500. The van der Waals surface area contributed by atoms with Gasteiger partial charge in [-0.1, -0.05) is 12.5 Å². The monoisotopic (exact) mass is 1170 g/mol. The second-order valence-corrected chi connectivity index (χ2v) is 24.9. The molecule has 2 heterocycles. The average molecular weight is 1170 g/mol. The highest BCUT2D eigenvalue weighted by Gasteiger charge is 2.47. The van der Waals surface area contributed by atoms with E-state index in [2.05, 4.69) is 0 Å². The summed E-state index contributed by atoms with van der Waals surface area (Å²) in [5.74, 6) is -0.971. The number of allylic oxidation sites excluding steroid dienone is 4. The van der Waals surface area contributed by atoms with Crippen LogP contribution < -0.4 is 4.90 Å². The minimum absolute atomic E-state index is 0.0103. The molecule has 0 aliphatic carbocycles. The number of methoxy groups -OCH3 is 1. The molecule has 0 spiro atoms. The van der Waals surface area contributed by atoms with Crippen molar-refractivity contribution in [2.45, 2.75) is 97.1 Å². The molecule has 1 N–H and O–H groups in total. The zero-order chi connectivity index (χ0) is 57.4. The summed E-state index contributed by atoms with van der Waals surface area (Å²) in [5.41, 5.74) is 1.43. The third kappa shape index (κ3) is 14.6. The zero-order valence-corrected chi connectivity index (χ0v) is 47.5. The van der Waals surface area contributed by atoms with E-state index in [1.165, 1.54) is 12.1 Å². The van der Waals surface area contributed by atoms with Crippen molar-refractivity contribution >= 4 is 85.1 Å². The second kappa shape index (κ2) is 25.8. The molecule has 78 heavy (non-hydrogen) atoms. The predicted molar refractivity (Wildman–Crippen MR) is 281 cm³/mol. The number of carboxylic acid groups (broad SMARTS) is 1. The summed E-state index contributed by atoms with van der Waals surface area (Å²) >= 11 is 0. The molecule has 0 radical (unpaired) electrons. The number of carboxylic acids is 1. The van der Waals surface area contributed by atoms with Crippen LogP contribution in [0.2, 0.25) is 0 Å². The summed E-state index contributed by atoms with van der Waals surface area (Å²) in [6.45, 7) is 13.2. The Morgan fingerprint density at radius 1 is 0.628 bits per heavy atom. The van der Waals surface area contributed by atoms with Crippen molar-refractivity contribution in [2.75, 3.05) is 97.8 Å². The fourth-order valence-corrected chi connectivity index (χ4v) is 12.8. The molecule has 26 heteroatoms. The van der Waals surface area contributed by atoms with Gasteiger partial charge in [0, 0.05) is 66.6 Å². The molecule has 2 aliphatic heterocycles. The number of carbonyl (C=O) groups is 1. The summed E-state index contributed by atoms with van der Waals surface area (Å²) in [6, 6.07) is 9.25. The van der Waals surface area contributed by atoms with Gasteiger partial charge >= 0.3 is 5.97 Å². The van der Waals surface area contributed by atoms with Crippen LogP contribution in [0.5, 0.6) is 0 Å². The van der Waals surface area contributed by atoms with E-state index in [1.54, 1.807) is 26.2 Å². The first-order valence-electron chi connectivity index (χ1n) is 25.1. The number of rotatable bonds is 31. The van der Waals surface area contributed by atoms with E-state index < -0.39 is 76.9 Å². The van der Waals surface area contributed by atoms with Crippen LogP contribution >= 0.6 is 0 Å². The first-order chi connectivity index (χ1) is 36.6. The predicted octanol–water partition coefficient (Wildman–Crippen LogP) is 5.38. The highest BCUT2D eigenvalue weighted by Crippen LogP contribution is 2.54. The molecule has 0 saturated carbocycles. The molecule has 1 unspecified atom stereocenters. The Morgan fingerprint density at radius 2 is 1.10 bits per heavy atom. The average Bonchev–Trinajstić information content (AvgIpc) is 3.93. The molecule has 0 aromatic heterocycles. The molecule has 0 fully saturated rings. The van der Waals surface area contributed by atoms with Crippen LogP contribution in [0.3, 0.4) is 0 Å². The maximum atomic E-state index is 12.8. The number of anilines is 1. The van der Waals surface area contributed by atoms with Crippen molar-refractivity contribution in [3.8, 4) is 0 Å².